The molecular formula is C14H13NO. The van der Waals surface area contributed by atoms with E-state index in [0.29, 0.717) is 13.2 Å². The minimum atomic E-state index is 0.376. The zero-order chi connectivity index (χ0) is 11.2. The molecule has 0 saturated carbocycles. The SMILES string of the molecule is NCC#CCOc1ccc2ccccc2c1. The zero-order valence-electron chi connectivity index (χ0n) is 8.94. The number of hydrogen-bond acceptors (Lipinski definition) is 2. The van der Waals surface area contributed by atoms with Crippen molar-refractivity contribution in [2.75, 3.05) is 13.2 Å². The normalized spacial score (nSPS) is 9.56. The van der Waals surface area contributed by atoms with Gasteiger partial charge in [-0.05, 0) is 22.9 Å². The highest BCUT2D eigenvalue weighted by molar-refractivity contribution is 5.83. The van der Waals surface area contributed by atoms with E-state index < -0.39 is 0 Å². The van der Waals surface area contributed by atoms with Crippen molar-refractivity contribution in [2.24, 2.45) is 5.73 Å². The van der Waals surface area contributed by atoms with Crippen molar-refractivity contribution in [1.29, 1.82) is 0 Å². The fourth-order valence-electron chi connectivity index (χ4n) is 1.50. The summed E-state index contributed by atoms with van der Waals surface area (Å²) >= 11 is 0. The molecular weight excluding hydrogens is 198 g/mol. The van der Waals surface area contributed by atoms with E-state index in [0.717, 1.165) is 5.75 Å². The molecule has 2 aromatic carbocycles. The third-order valence-corrected chi connectivity index (χ3v) is 2.26. The van der Waals surface area contributed by atoms with Crippen LogP contribution in [0.15, 0.2) is 42.5 Å². The molecule has 80 valence electrons. The fraction of sp³-hybridized carbons (Fsp3) is 0.143. The van der Waals surface area contributed by atoms with Crippen molar-refractivity contribution in [3.05, 3.63) is 42.5 Å². The highest BCUT2D eigenvalue weighted by atomic mass is 16.5. The second kappa shape index (κ2) is 5.20. The van der Waals surface area contributed by atoms with Crippen LogP contribution in [0.5, 0.6) is 5.75 Å². The predicted octanol–water partition coefficient (Wildman–Crippen LogP) is 2.18. The zero-order valence-corrected chi connectivity index (χ0v) is 8.94. The fourth-order valence-corrected chi connectivity index (χ4v) is 1.50. The number of rotatable bonds is 2. The summed E-state index contributed by atoms with van der Waals surface area (Å²) in [4.78, 5) is 0. The van der Waals surface area contributed by atoms with Gasteiger partial charge in [0, 0.05) is 0 Å². The van der Waals surface area contributed by atoms with Gasteiger partial charge < -0.3 is 10.5 Å². The molecule has 2 rings (SSSR count). The Kier molecular flexibility index (Phi) is 3.42. The van der Waals surface area contributed by atoms with E-state index in [1.54, 1.807) is 0 Å². The summed E-state index contributed by atoms with van der Waals surface area (Å²) in [5.74, 6) is 6.43. The lowest BCUT2D eigenvalue weighted by Crippen LogP contribution is -1.97. The van der Waals surface area contributed by atoms with E-state index in [-0.39, 0.29) is 0 Å². The van der Waals surface area contributed by atoms with E-state index in [4.69, 9.17) is 10.5 Å². The van der Waals surface area contributed by atoms with Crippen LogP contribution in [0.4, 0.5) is 0 Å². The lowest BCUT2D eigenvalue weighted by Gasteiger charge is -2.03. The Morgan fingerprint density at radius 3 is 2.62 bits per heavy atom. The van der Waals surface area contributed by atoms with Gasteiger partial charge in [-0.25, -0.2) is 0 Å². The van der Waals surface area contributed by atoms with Crippen LogP contribution in [0.2, 0.25) is 0 Å². The summed E-state index contributed by atoms with van der Waals surface area (Å²) in [6, 6.07) is 14.2. The highest BCUT2D eigenvalue weighted by Crippen LogP contribution is 2.20. The van der Waals surface area contributed by atoms with Crippen LogP contribution in [0.25, 0.3) is 10.8 Å². The summed E-state index contributed by atoms with van der Waals surface area (Å²) in [5, 5.41) is 2.38. The molecule has 0 spiro atoms. The number of ether oxygens (including phenoxy) is 1. The van der Waals surface area contributed by atoms with E-state index in [9.17, 15) is 0 Å². The molecule has 0 radical (unpaired) electrons. The molecule has 2 heteroatoms. The Balaban J connectivity index is 2.13. The highest BCUT2D eigenvalue weighted by Gasteiger charge is 1.95. The predicted molar refractivity (Wildman–Crippen MR) is 66.3 cm³/mol. The quantitative estimate of drug-likeness (QED) is 0.773. The standard InChI is InChI=1S/C14H13NO/c15-9-3-4-10-16-14-8-7-12-5-1-2-6-13(12)11-14/h1-2,5-8,11H,9-10,15H2. The van der Waals surface area contributed by atoms with Crippen LogP contribution in [0.3, 0.4) is 0 Å². The first-order valence-electron chi connectivity index (χ1n) is 5.17. The second-order valence-corrected chi connectivity index (χ2v) is 3.36. The first-order chi connectivity index (χ1) is 7.90. The van der Waals surface area contributed by atoms with Gasteiger partial charge in [-0.2, -0.15) is 0 Å². The molecule has 0 heterocycles. The first-order valence-corrected chi connectivity index (χ1v) is 5.17. The Bertz CT molecular complexity index is 537. The molecule has 0 bridgehead atoms. The second-order valence-electron chi connectivity index (χ2n) is 3.36. The Morgan fingerprint density at radius 1 is 1.00 bits per heavy atom. The molecule has 16 heavy (non-hydrogen) atoms. The van der Waals surface area contributed by atoms with Crippen LogP contribution >= 0.6 is 0 Å². The summed E-state index contributed by atoms with van der Waals surface area (Å²) in [7, 11) is 0. The van der Waals surface area contributed by atoms with Crippen molar-refractivity contribution in [3.63, 3.8) is 0 Å². The average Bonchev–Trinajstić information content (AvgIpc) is 2.34. The lowest BCUT2D eigenvalue weighted by atomic mass is 10.1. The van der Waals surface area contributed by atoms with E-state index in [2.05, 4.69) is 24.0 Å². The first kappa shape index (κ1) is 10.5. The van der Waals surface area contributed by atoms with Gasteiger partial charge in [0.05, 0.1) is 6.54 Å². The van der Waals surface area contributed by atoms with Crippen molar-refractivity contribution in [1.82, 2.24) is 0 Å². The smallest absolute Gasteiger partial charge is 0.149 e. The number of benzene rings is 2. The molecule has 0 atom stereocenters. The minimum absolute atomic E-state index is 0.376. The summed E-state index contributed by atoms with van der Waals surface area (Å²) in [5.41, 5.74) is 5.25. The van der Waals surface area contributed by atoms with Gasteiger partial charge in [-0.3, -0.25) is 0 Å². The molecule has 0 fully saturated rings. The maximum atomic E-state index is 5.49. The third-order valence-electron chi connectivity index (χ3n) is 2.26. The molecule has 0 saturated heterocycles. The van der Waals surface area contributed by atoms with Gasteiger partial charge in [0.2, 0.25) is 0 Å². The van der Waals surface area contributed by atoms with E-state index in [1.807, 2.05) is 30.3 Å². The maximum absolute atomic E-state index is 5.49. The summed E-state index contributed by atoms with van der Waals surface area (Å²) in [6.07, 6.45) is 0. The molecule has 0 aliphatic rings. The van der Waals surface area contributed by atoms with Crippen molar-refractivity contribution >= 4 is 10.8 Å². The van der Waals surface area contributed by atoms with Crippen molar-refractivity contribution in [2.45, 2.75) is 0 Å². The summed E-state index contributed by atoms with van der Waals surface area (Å²) in [6.45, 7) is 0.761. The van der Waals surface area contributed by atoms with Crippen LogP contribution in [-0.2, 0) is 0 Å². The maximum Gasteiger partial charge on any atom is 0.149 e. The van der Waals surface area contributed by atoms with Gasteiger partial charge >= 0.3 is 0 Å². The molecule has 0 aromatic heterocycles. The number of nitrogens with two attached hydrogens (primary N) is 1. The molecule has 0 aliphatic carbocycles. The minimum Gasteiger partial charge on any atom is -0.481 e. The molecule has 2 nitrogen and oxygen atoms in total. The van der Waals surface area contributed by atoms with Gasteiger partial charge in [0.1, 0.15) is 12.4 Å². The van der Waals surface area contributed by atoms with Crippen LogP contribution < -0.4 is 10.5 Å². The van der Waals surface area contributed by atoms with Gasteiger partial charge in [0.25, 0.3) is 0 Å². The monoisotopic (exact) mass is 211 g/mol. The molecule has 2 aromatic rings. The molecule has 0 amide bonds. The van der Waals surface area contributed by atoms with Gasteiger partial charge in [-0.15, -0.1) is 0 Å². The van der Waals surface area contributed by atoms with Gasteiger partial charge in [0.15, 0.2) is 0 Å². The Morgan fingerprint density at radius 2 is 1.81 bits per heavy atom. The topological polar surface area (TPSA) is 35.2 Å². The Hall–Kier alpha value is -1.98. The van der Waals surface area contributed by atoms with Crippen molar-refractivity contribution < 1.29 is 4.74 Å². The molecule has 0 aliphatic heterocycles. The van der Waals surface area contributed by atoms with E-state index >= 15 is 0 Å². The lowest BCUT2D eigenvalue weighted by molar-refractivity contribution is 0.370. The molecule has 0 unspecified atom stereocenters. The Labute approximate surface area is 95.0 Å². The van der Waals surface area contributed by atoms with Gasteiger partial charge in [-0.1, -0.05) is 42.2 Å². The third kappa shape index (κ3) is 2.53. The van der Waals surface area contributed by atoms with E-state index in [1.165, 1.54) is 10.8 Å². The molecule has 2 N–H and O–H groups in total. The van der Waals surface area contributed by atoms with Crippen LogP contribution in [0.1, 0.15) is 0 Å². The van der Waals surface area contributed by atoms with Crippen LogP contribution in [-0.4, -0.2) is 13.2 Å². The van der Waals surface area contributed by atoms with Crippen molar-refractivity contribution in [3.8, 4) is 17.6 Å². The number of fused-ring (bicyclic) bond motifs is 1. The largest absolute Gasteiger partial charge is 0.481 e. The summed E-state index contributed by atoms with van der Waals surface area (Å²) < 4.78 is 5.49. The number of hydrogen-bond donors (Lipinski definition) is 1. The van der Waals surface area contributed by atoms with Crippen LogP contribution in [0, 0.1) is 11.8 Å². The average molecular weight is 211 g/mol.